The van der Waals surface area contributed by atoms with Gasteiger partial charge in [-0.25, -0.2) is 9.78 Å². The molecule has 4 atom stereocenters. The molecule has 0 aromatic rings. The van der Waals surface area contributed by atoms with E-state index in [4.69, 9.17) is 9.78 Å². The number of hydrogen-bond donors (Lipinski definition) is 2. The molecule has 1 saturated carbocycles. The van der Waals surface area contributed by atoms with Crippen molar-refractivity contribution in [1.29, 1.82) is 0 Å². The Morgan fingerprint density at radius 3 is 1.58 bits per heavy atom. The van der Waals surface area contributed by atoms with Crippen molar-refractivity contribution in [2.24, 2.45) is 0 Å². The number of fused-ring (bicyclic) bond motifs is 3. The molecule has 12 heavy (non-hydrogen) atoms. The molecule has 0 radical (unpaired) electrons. The van der Waals surface area contributed by atoms with Crippen LogP contribution >= 0.6 is 0 Å². The monoisotopic (exact) mass is 174 g/mol. The zero-order chi connectivity index (χ0) is 8.98. The second-order valence-electron chi connectivity index (χ2n) is 4.18. The summed E-state index contributed by atoms with van der Waals surface area (Å²) in [5.74, 6) is 0. The summed E-state index contributed by atoms with van der Waals surface area (Å²) < 4.78 is 0. The van der Waals surface area contributed by atoms with Crippen molar-refractivity contribution in [3.05, 3.63) is 0 Å². The van der Waals surface area contributed by atoms with Gasteiger partial charge in [0, 0.05) is 0 Å². The van der Waals surface area contributed by atoms with Gasteiger partial charge in [-0.2, -0.15) is 0 Å². The van der Waals surface area contributed by atoms with Crippen molar-refractivity contribution < 1.29 is 20.0 Å². The lowest BCUT2D eigenvalue weighted by atomic mass is 9.72. The molecule has 2 saturated heterocycles. The van der Waals surface area contributed by atoms with Crippen molar-refractivity contribution in [3.8, 4) is 0 Å². The molecule has 0 spiro atoms. The molecule has 3 aliphatic rings. The lowest BCUT2D eigenvalue weighted by Gasteiger charge is -2.53. The molecule has 2 aliphatic heterocycles. The second kappa shape index (κ2) is 2.20. The molecule has 2 heterocycles. The van der Waals surface area contributed by atoms with Crippen molar-refractivity contribution in [1.82, 2.24) is 0 Å². The fraction of sp³-hybridized carbons (Fsp3) is 1.00. The fourth-order valence-electron chi connectivity index (χ4n) is 1.83. The van der Waals surface area contributed by atoms with Gasteiger partial charge in [0.15, 0.2) is 0 Å². The average molecular weight is 174 g/mol. The Bertz CT molecular complexity index is 173. The largest absolute Gasteiger partial charge is 0.387 e. The molecule has 0 unspecified atom stereocenters. The molecule has 1 aliphatic carbocycles. The van der Waals surface area contributed by atoms with E-state index in [0.29, 0.717) is 0 Å². The normalized spacial score (nSPS) is 59.0. The molecule has 0 aromatic carbocycles. The van der Waals surface area contributed by atoms with Crippen LogP contribution in [0.5, 0.6) is 0 Å². The lowest BCUT2D eigenvalue weighted by Crippen LogP contribution is -2.68. The summed E-state index contributed by atoms with van der Waals surface area (Å²) in [6.45, 7) is 3.50. The smallest absolute Gasteiger partial charge is 0.129 e. The molecule has 3 fully saturated rings. The second-order valence-corrected chi connectivity index (χ2v) is 4.18. The van der Waals surface area contributed by atoms with Crippen molar-refractivity contribution in [3.63, 3.8) is 0 Å². The molecular formula is C8H14O4. The topological polar surface area (TPSA) is 58.9 Å². The Morgan fingerprint density at radius 2 is 1.33 bits per heavy atom. The summed E-state index contributed by atoms with van der Waals surface area (Å²) in [6.07, 6.45) is -0.237. The minimum Gasteiger partial charge on any atom is -0.387 e. The zero-order valence-electron chi connectivity index (χ0n) is 7.28. The van der Waals surface area contributed by atoms with E-state index < -0.39 is 23.4 Å². The van der Waals surface area contributed by atoms with Crippen LogP contribution in [-0.4, -0.2) is 33.6 Å². The van der Waals surface area contributed by atoms with Crippen LogP contribution in [0, 0.1) is 0 Å². The summed E-state index contributed by atoms with van der Waals surface area (Å²) >= 11 is 0. The van der Waals surface area contributed by atoms with E-state index in [-0.39, 0.29) is 0 Å². The predicted molar refractivity (Wildman–Crippen MR) is 40.2 cm³/mol. The highest BCUT2D eigenvalue weighted by molar-refractivity contribution is 5.05. The standard InChI is InChI=1S/C8H14O4/c1-7-3-4-8(2,12-11-7)6(10)5(7)9/h5-6,9-10H,3-4H2,1-2H3/t5-,6+,7-,8+. The van der Waals surface area contributed by atoms with Gasteiger partial charge in [0.25, 0.3) is 0 Å². The Hall–Kier alpha value is -0.160. The maximum absolute atomic E-state index is 9.64. The third kappa shape index (κ3) is 0.864. The first-order valence-electron chi connectivity index (χ1n) is 4.21. The van der Waals surface area contributed by atoms with Gasteiger partial charge in [-0.3, -0.25) is 0 Å². The molecule has 2 N–H and O–H groups in total. The minimum atomic E-state index is -0.843. The predicted octanol–water partition coefficient (Wildman–Crippen LogP) is -0.0188. The summed E-state index contributed by atoms with van der Waals surface area (Å²) in [5.41, 5.74) is -1.45. The summed E-state index contributed by atoms with van der Waals surface area (Å²) in [5, 5.41) is 19.3. The maximum Gasteiger partial charge on any atom is 0.129 e. The number of hydrogen-bond acceptors (Lipinski definition) is 4. The Labute approximate surface area is 71.0 Å². The first-order chi connectivity index (χ1) is 5.48. The average Bonchev–Trinajstić information content (AvgIpc) is 2.06. The molecule has 4 nitrogen and oxygen atoms in total. The zero-order valence-corrected chi connectivity index (χ0v) is 7.28. The highest BCUT2D eigenvalue weighted by Crippen LogP contribution is 2.45. The molecule has 0 amide bonds. The fourth-order valence-corrected chi connectivity index (χ4v) is 1.83. The van der Waals surface area contributed by atoms with Crippen molar-refractivity contribution >= 4 is 0 Å². The molecule has 70 valence electrons. The van der Waals surface area contributed by atoms with E-state index in [1.807, 2.05) is 0 Å². The van der Waals surface area contributed by atoms with Crippen LogP contribution in [0.1, 0.15) is 26.7 Å². The van der Waals surface area contributed by atoms with Gasteiger partial charge >= 0.3 is 0 Å². The Balaban J connectivity index is 2.30. The van der Waals surface area contributed by atoms with Crippen LogP contribution in [0.4, 0.5) is 0 Å². The SMILES string of the molecule is C[C@]12CC[C@](C)(OO1)[C@@H](O)[C@H]2O. The van der Waals surface area contributed by atoms with Gasteiger partial charge in [-0.1, -0.05) is 0 Å². The molecular weight excluding hydrogens is 160 g/mol. The van der Waals surface area contributed by atoms with Crippen LogP contribution in [0.2, 0.25) is 0 Å². The van der Waals surface area contributed by atoms with Crippen molar-refractivity contribution in [2.45, 2.75) is 50.1 Å². The third-order valence-electron chi connectivity index (χ3n) is 3.09. The van der Waals surface area contributed by atoms with Crippen molar-refractivity contribution in [2.75, 3.05) is 0 Å². The van der Waals surface area contributed by atoms with Gasteiger partial charge in [-0.05, 0) is 26.7 Å². The van der Waals surface area contributed by atoms with E-state index in [1.54, 1.807) is 13.8 Å². The number of rotatable bonds is 0. The highest BCUT2D eigenvalue weighted by atomic mass is 17.2. The molecule has 2 bridgehead atoms. The lowest BCUT2D eigenvalue weighted by molar-refractivity contribution is -0.497. The summed E-state index contributed by atoms with van der Waals surface area (Å²) in [6, 6.07) is 0. The summed E-state index contributed by atoms with van der Waals surface area (Å²) in [4.78, 5) is 10.1. The van der Waals surface area contributed by atoms with E-state index in [0.717, 1.165) is 12.8 Å². The van der Waals surface area contributed by atoms with E-state index >= 15 is 0 Å². The van der Waals surface area contributed by atoms with Crippen LogP contribution < -0.4 is 0 Å². The van der Waals surface area contributed by atoms with Crippen LogP contribution in [0.25, 0.3) is 0 Å². The van der Waals surface area contributed by atoms with Gasteiger partial charge < -0.3 is 10.2 Å². The molecule has 4 heteroatoms. The van der Waals surface area contributed by atoms with Crippen LogP contribution in [-0.2, 0) is 9.78 Å². The maximum atomic E-state index is 9.64. The number of aliphatic hydroxyl groups excluding tert-OH is 2. The molecule has 0 aromatic heterocycles. The van der Waals surface area contributed by atoms with E-state index in [2.05, 4.69) is 0 Å². The van der Waals surface area contributed by atoms with Gasteiger partial charge in [0.2, 0.25) is 0 Å². The van der Waals surface area contributed by atoms with Gasteiger partial charge in [0.05, 0.1) is 0 Å². The first kappa shape index (κ1) is 8.44. The Kier molecular flexibility index (Phi) is 1.55. The highest BCUT2D eigenvalue weighted by Gasteiger charge is 2.59. The first-order valence-corrected chi connectivity index (χ1v) is 4.21. The number of aliphatic hydroxyl groups is 2. The third-order valence-corrected chi connectivity index (χ3v) is 3.09. The quantitative estimate of drug-likeness (QED) is 0.507. The Morgan fingerprint density at radius 1 is 1.00 bits per heavy atom. The van der Waals surface area contributed by atoms with Gasteiger partial charge in [-0.15, -0.1) is 0 Å². The molecule has 3 rings (SSSR count). The summed E-state index contributed by atoms with van der Waals surface area (Å²) in [7, 11) is 0. The van der Waals surface area contributed by atoms with Crippen LogP contribution in [0.3, 0.4) is 0 Å². The van der Waals surface area contributed by atoms with E-state index in [9.17, 15) is 10.2 Å². The van der Waals surface area contributed by atoms with E-state index in [1.165, 1.54) is 0 Å². The minimum absolute atomic E-state index is 0.724. The van der Waals surface area contributed by atoms with Crippen LogP contribution in [0.15, 0.2) is 0 Å². The van der Waals surface area contributed by atoms with Gasteiger partial charge in [0.1, 0.15) is 23.4 Å².